The number of aliphatic hydroxyl groups is 1. The van der Waals surface area contributed by atoms with E-state index in [-0.39, 0.29) is 0 Å². The van der Waals surface area contributed by atoms with E-state index in [1.807, 2.05) is 31.2 Å². The van der Waals surface area contributed by atoms with Gasteiger partial charge in [0.1, 0.15) is 6.26 Å². The lowest BCUT2D eigenvalue weighted by Crippen LogP contribution is -2.10. The molecule has 1 aromatic carbocycles. The van der Waals surface area contributed by atoms with E-state index in [0.717, 1.165) is 36.1 Å². The summed E-state index contributed by atoms with van der Waals surface area (Å²) in [5.74, 6) is 0.652. The van der Waals surface area contributed by atoms with Gasteiger partial charge in [0, 0.05) is 12.0 Å². The van der Waals surface area contributed by atoms with E-state index in [2.05, 4.69) is 4.98 Å². The third kappa shape index (κ3) is 2.24. The van der Waals surface area contributed by atoms with Gasteiger partial charge in [0.15, 0.2) is 0 Å². The van der Waals surface area contributed by atoms with Gasteiger partial charge < -0.3 is 9.52 Å². The Hall–Kier alpha value is -1.61. The molecule has 1 aliphatic carbocycles. The lowest BCUT2D eigenvalue weighted by molar-refractivity contribution is 0.151. The third-order valence-electron chi connectivity index (χ3n) is 3.18. The fraction of sp³-hybridized carbons (Fsp3) is 0.357. The molecule has 1 N–H and O–H groups in total. The number of oxazole rings is 1. The van der Waals surface area contributed by atoms with Crippen molar-refractivity contribution in [2.45, 2.75) is 31.8 Å². The number of nitrogens with zero attached hydrogens (tertiary/aromatic N) is 1. The molecule has 0 aliphatic heterocycles. The molecule has 17 heavy (non-hydrogen) atoms. The summed E-state index contributed by atoms with van der Waals surface area (Å²) in [6, 6.07) is 8.05. The zero-order valence-corrected chi connectivity index (χ0v) is 9.81. The van der Waals surface area contributed by atoms with Gasteiger partial charge in [-0.15, -0.1) is 0 Å². The maximum absolute atomic E-state index is 9.84. The monoisotopic (exact) mass is 229 g/mol. The van der Waals surface area contributed by atoms with Crippen LogP contribution in [-0.4, -0.2) is 15.7 Å². The molecule has 1 aromatic heterocycles. The second-order valence-electron chi connectivity index (χ2n) is 4.89. The van der Waals surface area contributed by atoms with Crippen molar-refractivity contribution in [2.75, 3.05) is 0 Å². The fourth-order valence-electron chi connectivity index (χ4n) is 1.95. The van der Waals surface area contributed by atoms with Crippen LogP contribution in [0.2, 0.25) is 0 Å². The van der Waals surface area contributed by atoms with Gasteiger partial charge in [0.25, 0.3) is 0 Å². The van der Waals surface area contributed by atoms with Crippen molar-refractivity contribution in [3.05, 3.63) is 41.8 Å². The normalized spacial score (nSPS) is 17.1. The highest BCUT2D eigenvalue weighted by Crippen LogP contribution is 2.38. The molecule has 3 rings (SSSR count). The van der Waals surface area contributed by atoms with Gasteiger partial charge in [-0.3, -0.25) is 0 Å². The molecule has 3 nitrogen and oxygen atoms in total. The summed E-state index contributed by atoms with van der Waals surface area (Å²) in [6.45, 7) is 1.91. The second-order valence-corrected chi connectivity index (χ2v) is 4.89. The number of benzene rings is 1. The fourth-order valence-corrected chi connectivity index (χ4v) is 1.95. The molecule has 2 aromatic rings. The molecular formula is C14H15NO2. The first-order valence-corrected chi connectivity index (χ1v) is 5.88. The van der Waals surface area contributed by atoms with Crippen LogP contribution in [0.3, 0.4) is 0 Å². The summed E-state index contributed by atoms with van der Waals surface area (Å²) in [7, 11) is 0. The number of hydrogen-bond acceptors (Lipinski definition) is 3. The van der Waals surface area contributed by atoms with Crippen molar-refractivity contribution < 1.29 is 9.52 Å². The van der Waals surface area contributed by atoms with Gasteiger partial charge in [0.2, 0.25) is 5.89 Å². The topological polar surface area (TPSA) is 46.3 Å². The minimum Gasteiger partial charge on any atom is -0.444 e. The molecule has 0 radical (unpaired) electrons. The molecule has 0 saturated heterocycles. The highest BCUT2D eigenvalue weighted by Gasteiger charge is 2.39. The minimum absolute atomic E-state index is 0.430. The molecule has 0 bridgehead atoms. The lowest BCUT2D eigenvalue weighted by atomic mass is 10.0. The smallest absolute Gasteiger partial charge is 0.226 e. The Labute approximate surface area is 100 Å². The number of hydrogen-bond donors (Lipinski definition) is 1. The van der Waals surface area contributed by atoms with E-state index in [9.17, 15) is 5.11 Å². The first-order valence-electron chi connectivity index (χ1n) is 5.88. The molecule has 1 heterocycles. The molecule has 0 amide bonds. The molecular weight excluding hydrogens is 214 g/mol. The minimum atomic E-state index is -0.430. The van der Waals surface area contributed by atoms with Gasteiger partial charge in [0.05, 0.1) is 11.3 Å². The Morgan fingerprint density at radius 2 is 2.00 bits per heavy atom. The summed E-state index contributed by atoms with van der Waals surface area (Å²) in [5, 5.41) is 9.84. The Morgan fingerprint density at radius 3 is 2.53 bits per heavy atom. The maximum Gasteiger partial charge on any atom is 0.226 e. The van der Waals surface area contributed by atoms with Crippen LogP contribution in [0.15, 0.2) is 34.9 Å². The van der Waals surface area contributed by atoms with E-state index < -0.39 is 5.60 Å². The third-order valence-corrected chi connectivity index (χ3v) is 3.18. The SMILES string of the molecule is Cc1coc(-c2ccc(CC3(O)CC3)cc2)n1. The van der Waals surface area contributed by atoms with Crippen molar-refractivity contribution in [2.24, 2.45) is 0 Å². The van der Waals surface area contributed by atoms with E-state index in [4.69, 9.17) is 4.42 Å². The Bertz CT molecular complexity index is 523. The van der Waals surface area contributed by atoms with Crippen LogP contribution < -0.4 is 0 Å². The molecule has 0 atom stereocenters. The number of aromatic nitrogens is 1. The van der Waals surface area contributed by atoms with Crippen LogP contribution in [0.5, 0.6) is 0 Å². The van der Waals surface area contributed by atoms with Gasteiger partial charge in [-0.2, -0.15) is 0 Å². The van der Waals surface area contributed by atoms with Crippen molar-refractivity contribution in [3.8, 4) is 11.5 Å². The van der Waals surface area contributed by atoms with Crippen LogP contribution in [0.25, 0.3) is 11.5 Å². The largest absolute Gasteiger partial charge is 0.444 e. The van der Waals surface area contributed by atoms with Gasteiger partial charge >= 0.3 is 0 Å². The standard InChI is InChI=1S/C14H15NO2/c1-10-9-17-13(15-10)12-4-2-11(3-5-12)8-14(16)6-7-14/h2-5,9,16H,6-8H2,1H3. The summed E-state index contributed by atoms with van der Waals surface area (Å²) >= 11 is 0. The predicted molar refractivity (Wildman–Crippen MR) is 64.6 cm³/mol. The lowest BCUT2D eigenvalue weighted by Gasteiger charge is -2.07. The van der Waals surface area contributed by atoms with Crippen molar-refractivity contribution >= 4 is 0 Å². The Morgan fingerprint density at radius 1 is 1.29 bits per heavy atom. The first kappa shape index (κ1) is 10.5. The van der Waals surface area contributed by atoms with E-state index >= 15 is 0 Å². The molecule has 1 fully saturated rings. The maximum atomic E-state index is 9.84. The Balaban J connectivity index is 1.80. The molecule has 1 aliphatic rings. The molecule has 3 heteroatoms. The quantitative estimate of drug-likeness (QED) is 0.880. The van der Waals surface area contributed by atoms with Crippen LogP contribution >= 0.6 is 0 Å². The average molecular weight is 229 g/mol. The van der Waals surface area contributed by atoms with Crippen LogP contribution in [0.4, 0.5) is 0 Å². The summed E-state index contributed by atoms with van der Waals surface area (Å²) in [6.07, 6.45) is 4.25. The number of aryl methyl sites for hydroxylation is 1. The van der Waals surface area contributed by atoms with Gasteiger partial charge in [-0.05, 0) is 37.5 Å². The second kappa shape index (κ2) is 3.70. The summed E-state index contributed by atoms with van der Waals surface area (Å²) < 4.78 is 5.34. The molecule has 0 unspecified atom stereocenters. The van der Waals surface area contributed by atoms with Gasteiger partial charge in [-0.1, -0.05) is 12.1 Å². The van der Waals surface area contributed by atoms with Gasteiger partial charge in [-0.25, -0.2) is 4.98 Å². The van der Waals surface area contributed by atoms with Crippen molar-refractivity contribution in [1.29, 1.82) is 0 Å². The van der Waals surface area contributed by atoms with E-state index in [1.54, 1.807) is 6.26 Å². The molecule has 0 spiro atoms. The molecule has 88 valence electrons. The van der Waals surface area contributed by atoms with E-state index in [0.29, 0.717) is 5.89 Å². The molecule has 1 saturated carbocycles. The Kier molecular flexibility index (Phi) is 2.30. The predicted octanol–water partition coefficient (Wildman–Crippen LogP) is 2.72. The van der Waals surface area contributed by atoms with Crippen molar-refractivity contribution in [3.63, 3.8) is 0 Å². The summed E-state index contributed by atoms with van der Waals surface area (Å²) in [5.41, 5.74) is 2.60. The highest BCUT2D eigenvalue weighted by atomic mass is 16.3. The van der Waals surface area contributed by atoms with E-state index in [1.165, 1.54) is 0 Å². The van der Waals surface area contributed by atoms with Crippen LogP contribution in [0.1, 0.15) is 24.1 Å². The average Bonchev–Trinajstić information content (AvgIpc) is 2.87. The zero-order chi connectivity index (χ0) is 11.9. The first-order chi connectivity index (χ1) is 8.15. The van der Waals surface area contributed by atoms with Crippen LogP contribution in [0, 0.1) is 6.92 Å². The zero-order valence-electron chi connectivity index (χ0n) is 9.81. The summed E-state index contributed by atoms with van der Waals surface area (Å²) in [4.78, 5) is 4.28. The van der Waals surface area contributed by atoms with Crippen molar-refractivity contribution in [1.82, 2.24) is 4.98 Å². The number of rotatable bonds is 3. The highest BCUT2D eigenvalue weighted by molar-refractivity contribution is 5.53. The van der Waals surface area contributed by atoms with Crippen LogP contribution in [-0.2, 0) is 6.42 Å².